The van der Waals surface area contributed by atoms with Crippen molar-refractivity contribution in [2.75, 3.05) is 0 Å². The fraction of sp³-hybridized carbons (Fsp3) is 0.138. The van der Waals surface area contributed by atoms with E-state index in [1.165, 1.54) is 18.3 Å². The van der Waals surface area contributed by atoms with Crippen molar-refractivity contribution in [2.45, 2.75) is 11.8 Å². The third-order valence-electron chi connectivity index (χ3n) is 7.78. The number of carbonyl (C=O) groups excluding carboxylic acids is 2. The predicted octanol–water partition coefficient (Wildman–Crippen LogP) is 5.73. The van der Waals surface area contributed by atoms with E-state index in [-0.39, 0.29) is 34.4 Å². The van der Waals surface area contributed by atoms with E-state index in [1.807, 2.05) is 48.5 Å². The summed E-state index contributed by atoms with van der Waals surface area (Å²) in [5, 5.41) is 16.5. The third-order valence-corrected chi connectivity index (χ3v) is 8.10. The van der Waals surface area contributed by atoms with Crippen LogP contribution >= 0.6 is 11.6 Å². The summed E-state index contributed by atoms with van der Waals surface area (Å²) in [6.07, 6.45) is 1.32. The highest BCUT2D eigenvalue weighted by molar-refractivity contribution is 6.32. The molecule has 1 aliphatic heterocycles. The van der Waals surface area contributed by atoms with Crippen molar-refractivity contribution in [1.82, 2.24) is 5.01 Å². The first kappa shape index (κ1) is 22.6. The van der Waals surface area contributed by atoms with Gasteiger partial charge in [-0.05, 0) is 46.5 Å². The Morgan fingerprint density at radius 2 is 1.39 bits per heavy atom. The molecule has 186 valence electrons. The minimum atomic E-state index is -0.565. The van der Waals surface area contributed by atoms with Crippen LogP contribution in [0.2, 0.25) is 5.02 Å². The van der Waals surface area contributed by atoms with E-state index in [2.05, 4.69) is 5.10 Å². The molecule has 3 aromatic carbocycles. The summed E-state index contributed by atoms with van der Waals surface area (Å²) in [5.74, 6) is -1.43. The maximum atomic E-state index is 13.6. The van der Waals surface area contributed by atoms with Crippen LogP contribution in [0.25, 0.3) is 11.3 Å². The van der Waals surface area contributed by atoms with Gasteiger partial charge in [-0.2, -0.15) is 10.1 Å². The van der Waals surface area contributed by atoms with Crippen LogP contribution in [0.15, 0.2) is 88.4 Å². The zero-order valence-electron chi connectivity index (χ0n) is 19.7. The van der Waals surface area contributed by atoms with E-state index in [1.54, 1.807) is 18.2 Å². The molecule has 4 aromatic rings. The number of hydrogen-bond donors (Lipinski definition) is 0. The van der Waals surface area contributed by atoms with Gasteiger partial charge in [0.05, 0.1) is 23.0 Å². The van der Waals surface area contributed by atoms with Crippen LogP contribution in [0.3, 0.4) is 0 Å². The van der Waals surface area contributed by atoms with Crippen LogP contribution in [0, 0.1) is 22.0 Å². The van der Waals surface area contributed by atoms with Crippen LogP contribution in [-0.2, 0) is 9.59 Å². The Bertz CT molecular complexity index is 1590. The molecule has 2 heterocycles. The van der Waals surface area contributed by atoms with E-state index >= 15 is 0 Å². The number of furan rings is 1. The van der Waals surface area contributed by atoms with E-state index in [0.717, 1.165) is 27.3 Å². The first-order valence-corrected chi connectivity index (χ1v) is 12.5. The lowest BCUT2D eigenvalue weighted by Crippen LogP contribution is -2.41. The van der Waals surface area contributed by atoms with Crippen molar-refractivity contribution in [3.63, 3.8) is 0 Å². The molecule has 9 heteroatoms. The van der Waals surface area contributed by atoms with E-state index < -0.39 is 16.8 Å². The number of halogens is 1. The first-order valence-electron chi connectivity index (χ1n) is 12.1. The minimum Gasteiger partial charge on any atom is -0.455 e. The Morgan fingerprint density at radius 1 is 0.842 bits per heavy atom. The van der Waals surface area contributed by atoms with Crippen LogP contribution < -0.4 is 0 Å². The van der Waals surface area contributed by atoms with E-state index in [9.17, 15) is 19.7 Å². The highest BCUT2D eigenvalue weighted by Gasteiger charge is 2.61. The molecule has 2 atom stereocenters. The van der Waals surface area contributed by atoms with Crippen LogP contribution in [-0.4, -0.2) is 28.0 Å². The van der Waals surface area contributed by atoms with Gasteiger partial charge in [0.25, 0.3) is 17.5 Å². The van der Waals surface area contributed by atoms with Gasteiger partial charge in [-0.15, -0.1) is 0 Å². The fourth-order valence-corrected chi connectivity index (χ4v) is 6.46. The molecule has 0 radical (unpaired) electrons. The number of hydrazone groups is 1. The monoisotopic (exact) mass is 523 g/mol. The van der Waals surface area contributed by atoms with Crippen molar-refractivity contribution >= 4 is 35.3 Å². The lowest BCUT2D eigenvalue weighted by molar-refractivity contribution is -0.384. The molecular weight excluding hydrogens is 506 g/mol. The lowest BCUT2D eigenvalue weighted by atomic mass is 9.55. The van der Waals surface area contributed by atoms with Gasteiger partial charge in [-0.25, -0.2) is 0 Å². The lowest BCUT2D eigenvalue weighted by Gasteiger charge is -2.45. The van der Waals surface area contributed by atoms with Crippen molar-refractivity contribution in [3.05, 3.63) is 122 Å². The molecule has 1 fully saturated rings. The number of rotatable bonds is 4. The quantitative estimate of drug-likeness (QED) is 0.147. The number of imide groups is 1. The number of hydrogen-bond acceptors (Lipinski definition) is 6. The summed E-state index contributed by atoms with van der Waals surface area (Å²) < 4.78 is 5.78. The molecule has 38 heavy (non-hydrogen) atoms. The van der Waals surface area contributed by atoms with Gasteiger partial charge in [0.1, 0.15) is 16.5 Å². The molecular formula is C29H18ClN3O5. The highest BCUT2D eigenvalue weighted by atomic mass is 35.5. The largest absolute Gasteiger partial charge is 0.455 e. The Hall–Kier alpha value is -4.56. The van der Waals surface area contributed by atoms with Gasteiger partial charge in [0, 0.05) is 23.5 Å². The molecule has 1 aromatic heterocycles. The average molecular weight is 524 g/mol. The second kappa shape index (κ2) is 8.22. The third kappa shape index (κ3) is 3.13. The summed E-state index contributed by atoms with van der Waals surface area (Å²) in [6, 6.07) is 23.7. The minimum absolute atomic E-state index is 0.0258. The van der Waals surface area contributed by atoms with E-state index in [4.69, 9.17) is 16.0 Å². The standard InChI is InChI=1S/C29H18ClN3O5/c30-21-11-9-15(13-22(21)33(36)37)23-12-10-16(38-23)14-31-32-28(34)26-24-17-5-1-2-6-18(17)25(27(26)29(32)35)20-8-4-3-7-19(20)24/h1-14,24-27H/b31-14+. The van der Waals surface area contributed by atoms with E-state index in [0.29, 0.717) is 17.1 Å². The molecule has 0 saturated carbocycles. The summed E-state index contributed by atoms with van der Waals surface area (Å²) in [6.45, 7) is 0. The normalized spacial score (nSPS) is 23.0. The maximum Gasteiger partial charge on any atom is 0.288 e. The topological polar surface area (TPSA) is 106 Å². The summed E-state index contributed by atoms with van der Waals surface area (Å²) in [4.78, 5) is 37.9. The molecule has 2 unspecified atom stereocenters. The Morgan fingerprint density at radius 3 is 1.92 bits per heavy atom. The number of carbonyl (C=O) groups is 2. The number of nitro groups is 1. The Labute approximate surface area is 221 Å². The van der Waals surface area contributed by atoms with Gasteiger partial charge in [-0.3, -0.25) is 19.7 Å². The molecule has 3 aliphatic carbocycles. The predicted molar refractivity (Wildman–Crippen MR) is 139 cm³/mol. The molecule has 2 bridgehead atoms. The molecule has 0 spiro atoms. The molecule has 8 rings (SSSR count). The number of amides is 2. The maximum absolute atomic E-state index is 13.6. The van der Waals surface area contributed by atoms with Crippen LogP contribution in [0.5, 0.6) is 0 Å². The van der Waals surface area contributed by atoms with Gasteiger partial charge in [-0.1, -0.05) is 60.1 Å². The smallest absolute Gasteiger partial charge is 0.288 e. The second-order valence-electron chi connectivity index (χ2n) is 9.62. The molecule has 1 saturated heterocycles. The fourth-order valence-electron chi connectivity index (χ4n) is 6.27. The van der Waals surface area contributed by atoms with Crippen molar-refractivity contribution in [2.24, 2.45) is 16.9 Å². The molecule has 0 N–H and O–H groups in total. The summed E-state index contributed by atoms with van der Waals surface area (Å²) in [7, 11) is 0. The van der Waals surface area contributed by atoms with Gasteiger partial charge in [0.15, 0.2) is 0 Å². The Kier molecular flexibility index (Phi) is 4.90. The summed E-state index contributed by atoms with van der Waals surface area (Å²) in [5.41, 5.74) is 4.61. The number of benzene rings is 3. The Balaban J connectivity index is 1.21. The molecule has 4 aliphatic rings. The van der Waals surface area contributed by atoms with Crippen molar-refractivity contribution in [1.29, 1.82) is 0 Å². The SMILES string of the molecule is O=C1C2C3c4ccccc4C(c4ccccc43)C2C(=O)N1/N=C/c1ccc(-c2ccc(Cl)c([N+](=O)[O-])c2)o1. The van der Waals surface area contributed by atoms with Crippen LogP contribution in [0.4, 0.5) is 5.69 Å². The van der Waals surface area contributed by atoms with Gasteiger partial charge in [0.2, 0.25) is 0 Å². The molecule has 8 nitrogen and oxygen atoms in total. The average Bonchev–Trinajstić information content (AvgIpc) is 3.50. The van der Waals surface area contributed by atoms with Crippen LogP contribution in [0.1, 0.15) is 39.8 Å². The zero-order valence-corrected chi connectivity index (χ0v) is 20.4. The van der Waals surface area contributed by atoms with Gasteiger partial charge < -0.3 is 4.42 Å². The summed E-state index contributed by atoms with van der Waals surface area (Å²) >= 11 is 5.91. The van der Waals surface area contributed by atoms with Crippen molar-refractivity contribution in [3.8, 4) is 11.3 Å². The first-order chi connectivity index (χ1) is 18.4. The number of nitrogens with zero attached hydrogens (tertiary/aromatic N) is 3. The molecule has 2 amide bonds. The second-order valence-corrected chi connectivity index (χ2v) is 10.0. The van der Waals surface area contributed by atoms with Gasteiger partial charge >= 0.3 is 0 Å². The number of nitro benzene ring substituents is 1. The van der Waals surface area contributed by atoms with Crippen molar-refractivity contribution < 1.29 is 18.9 Å². The highest BCUT2D eigenvalue weighted by Crippen LogP contribution is 2.60. The zero-order chi connectivity index (χ0) is 26.1.